The second-order valence-electron chi connectivity index (χ2n) is 6.01. The Morgan fingerprint density at radius 1 is 1.24 bits per heavy atom. The van der Waals surface area contributed by atoms with Gasteiger partial charge in [0.05, 0.1) is 6.61 Å². The molecule has 0 bridgehead atoms. The quantitative estimate of drug-likeness (QED) is 0.791. The molecule has 0 spiro atoms. The van der Waals surface area contributed by atoms with Crippen molar-refractivity contribution in [3.05, 3.63) is 35.9 Å². The van der Waals surface area contributed by atoms with Gasteiger partial charge in [0.25, 0.3) is 0 Å². The van der Waals surface area contributed by atoms with Crippen LogP contribution in [0, 0.1) is 5.41 Å². The predicted molar refractivity (Wildman–Crippen MR) is 80.1 cm³/mol. The number of alkyl carbamates (subject to hydrolysis) is 1. The summed E-state index contributed by atoms with van der Waals surface area (Å²) in [6.45, 7) is 5.52. The Morgan fingerprint density at radius 3 is 2.38 bits per heavy atom. The fourth-order valence-electron chi connectivity index (χ4n) is 1.89. The van der Waals surface area contributed by atoms with Crippen LogP contribution in [0.15, 0.2) is 30.3 Å². The van der Waals surface area contributed by atoms with Gasteiger partial charge in [-0.05, 0) is 23.8 Å². The molecule has 0 saturated carbocycles. The summed E-state index contributed by atoms with van der Waals surface area (Å²) in [6.07, 6.45) is 0.825. The monoisotopic (exact) mass is 293 g/mol. The Morgan fingerprint density at radius 2 is 1.86 bits per heavy atom. The highest BCUT2D eigenvalue weighted by atomic mass is 16.5. The zero-order chi connectivity index (χ0) is 15.9. The highest BCUT2D eigenvalue weighted by Crippen LogP contribution is 2.19. The number of carboxylic acid groups (broad SMARTS) is 1. The fraction of sp³-hybridized carbons (Fsp3) is 0.500. The number of aliphatic carboxylic acids is 1. The highest BCUT2D eigenvalue weighted by molar-refractivity contribution is 5.80. The van der Waals surface area contributed by atoms with E-state index in [0.717, 1.165) is 6.42 Å². The Labute approximate surface area is 125 Å². The fourth-order valence-corrected chi connectivity index (χ4v) is 1.89. The van der Waals surface area contributed by atoms with Gasteiger partial charge in [-0.3, -0.25) is 0 Å². The number of hydrogen-bond donors (Lipinski definition) is 2. The first kappa shape index (κ1) is 17.0. The summed E-state index contributed by atoms with van der Waals surface area (Å²) in [5, 5.41) is 11.5. The van der Waals surface area contributed by atoms with E-state index in [1.54, 1.807) is 20.8 Å². The van der Waals surface area contributed by atoms with Crippen LogP contribution < -0.4 is 5.32 Å². The minimum absolute atomic E-state index is 0.261. The zero-order valence-electron chi connectivity index (χ0n) is 12.8. The van der Waals surface area contributed by atoms with Crippen LogP contribution in [0.5, 0.6) is 0 Å². The molecule has 1 aromatic carbocycles. The minimum Gasteiger partial charge on any atom is -0.480 e. The third kappa shape index (κ3) is 6.29. The molecular weight excluding hydrogens is 270 g/mol. The van der Waals surface area contributed by atoms with Gasteiger partial charge in [-0.2, -0.15) is 0 Å². The van der Waals surface area contributed by atoms with E-state index in [-0.39, 0.29) is 6.61 Å². The lowest BCUT2D eigenvalue weighted by Gasteiger charge is -2.27. The number of ether oxygens (including phenoxy) is 1. The smallest absolute Gasteiger partial charge is 0.407 e. The van der Waals surface area contributed by atoms with E-state index in [1.807, 2.05) is 30.3 Å². The average Bonchev–Trinajstić information content (AvgIpc) is 2.40. The molecule has 2 N–H and O–H groups in total. The summed E-state index contributed by atoms with van der Waals surface area (Å²) >= 11 is 0. The van der Waals surface area contributed by atoms with Crippen LogP contribution in [0.3, 0.4) is 0 Å². The van der Waals surface area contributed by atoms with E-state index in [0.29, 0.717) is 6.42 Å². The number of aryl methyl sites for hydroxylation is 1. The van der Waals surface area contributed by atoms with Crippen molar-refractivity contribution in [1.29, 1.82) is 0 Å². The molecule has 0 heterocycles. The van der Waals surface area contributed by atoms with Crippen molar-refractivity contribution in [2.75, 3.05) is 6.61 Å². The third-order valence-corrected chi connectivity index (χ3v) is 3.06. The Bertz CT molecular complexity index is 465. The highest BCUT2D eigenvalue weighted by Gasteiger charge is 2.32. The average molecular weight is 293 g/mol. The Hall–Kier alpha value is -2.04. The molecule has 5 heteroatoms. The lowest BCUT2D eigenvalue weighted by molar-refractivity contribution is -0.142. The maximum atomic E-state index is 11.6. The van der Waals surface area contributed by atoms with Crippen molar-refractivity contribution in [3.63, 3.8) is 0 Å². The molecule has 5 nitrogen and oxygen atoms in total. The lowest BCUT2D eigenvalue weighted by Crippen LogP contribution is -2.49. The summed E-state index contributed by atoms with van der Waals surface area (Å²) in [5.74, 6) is -1.07. The third-order valence-electron chi connectivity index (χ3n) is 3.06. The number of rotatable bonds is 6. The van der Waals surface area contributed by atoms with E-state index in [4.69, 9.17) is 9.84 Å². The van der Waals surface area contributed by atoms with Gasteiger partial charge in [-0.25, -0.2) is 9.59 Å². The molecule has 0 radical (unpaired) electrons. The maximum Gasteiger partial charge on any atom is 0.407 e. The first-order valence-corrected chi connectivity index (χ1v) is 7.00. The van der Waals surface area contributed by atoms with Crippen LogP contribution in [0.25, 0.3) is 0 Å². The van der Waals surface area contributed by atoms with Crippen LogP contribution in [0.2, 0.25) is 0 Å². The van der Waals surface area contributed by atoms with Crippen molar-refractivity contribution in [1.82, 2.24) is 5.32 Å². The van der Waals surface area contributed by atoms with Crippen molar-refractivity contribution in [3.8, 4) is 0 Å². The number of carbonyl (C=O) groups is 2. The molecule has 116 valence electrons. The number of nitrogens with one attached hydrogen (secondary N) is 1. The molecule has 0 saturated heterocycles. The number of carboxylic acids is 1. The summed E-state index contributed by atoms with van der Waals surface area (Å²) in [7, 11) is 0. The molecule has 0 aliphatic carbocycles. The molecule has 0 aliphatic rings. The second-order valence-corrected chi connectivity index (χ2v) is 6.01. The van der Waals surface area contributed by atoms with Crippen LogP contribution in [-0.2, 0) is 16.0 Å². The topological polar surface area (TPSA) is 75.6 Å². The van der Waals surface area contributed by atoms with E-state index in [2.05, 4.69) is 5.32 Å². The molecule has 1 aromatic rings. The maximum absolute atomic E-state index is 11.6. The van der Waals surface area contributed by atoms with Crippen molar-refractivity contribution in [2.45, 2.75) is 39.7 Å². The SMILES string of the molecule is CC(C)(C)[C@H](NC(=O)OCCCc1ccccc1)C(=O)O. The molecule has 0 unspecified atom stereocenters. The van der Waals surface area contributed by atoms with Gasteiger partial charge in [0.15, 0.2) is 0 Å². The molecule has 21 heavy (non-hydrogen) atoms. The van der Waals surface area contributed by atoms with Crippen LogP contribution in [-0.4, -0.2) is 29.8 Å². The second kappa shape index (κ2) is 7.67. The van der Waals surface area contributed by atoms with Crippen molar-refractivity contribution >= 4 is 12.1 Å². The van der Waals surface area contributed by atoms with Crippen LogP contribution in [0.1, 0.15) is 32.8 Å². The van der Waals surface area contributed by atoms with Crippen molar-refractivity contribution < 1.29 is 19.4 Å². The van der Waals surface area contributed by atoms with Gasteiger partial charge in [-0.15, -0.1) is 0 Å². The molecule has 0 aliphatic heterocycles. The molecular formula is C16H23NO4. The number of carbonyl (C=O) groups excluding carboxylic acids is 1. The van der Waals surface area contributed by atoms with Gasteiger partial charge in [0, 0.05) is 0 Å². The number of benzene rings is 1. The Balaban J connectivity index is 2.32. The lowest BCUT2D eigenvalue weighted by atomic mass is 9.87. The minimum atomic E-state index is -1.07. The van der Waals surface area contributed by atoms with Gasteiger partial charge in [-0.1, -0.05) is 51.1 Å². The largest absolute Gasteiger partial charge is 0.480 e. The van der Waals surface area contributed by atoms with Gasteiger partial charge < -0.3 is 15.2 Å². The number of amides is 1. The van der Waals surface area contributed by atoms with Crippen molar-refractivity contribution in [2.24, 2.45) is 5.41 Å². The molecule has 1 atom stereocenters. The van der Waals surface area contributed by atoms with E-state index in [9.17, 15) is 9.59 Å². The summed E-state index contributed by atoms with van der Waals surface area (Å²) in [4.78, 5) is 22.7. The molecule has 0 fully saturated rings. The Kier molecular flexibility index (Phi) is 6.21. The van der Waals surface area contributed by atoms with E-state index >= 15 is 0 Å². The van der Waals surface area contributed by atoms with Gasteiger partial charge in [0.1, 0.15) is 6.04 Å². The number of hydrogen-bond acceptors (Lipinski definition) is 3. The molecule has 1 rings (SSSR count). The summed E-state index contributed by atoms with van der Waals surface area (Å²) in [5.41, 5.74) is 0.606. The first-order chi connectivity index (χ1) is 9.80. The zero-order valence-corrected chi connectivity index (χ0v) is 12.8. The van der Waals surface area contributed by atoms with E-state index in [1.165, 1.54) is 5.56 Å². The van der Waals surface area contributed by atoms with Gasteiger partial charge in [0.2, 0.25) is 0 Å². The first-order valence-electron chi connectivity index (χ1n) is 7.00. The van der Waals surface area contributed by atoms with E-state index < -0.39 is 23.5 Å². The van der Waals surface area contributed by atoms with Crippen LogP contribution >= 0.6 is 0 Å². The normalized spacial score (nSPS) is 12.5. The van der Waals surface area contributed by atoms with Crippen LogP contribution in [0.4, 0.5) is 4.79 Å². The van der Waals surface area contributed by atoms with Gasteiger partial charge >= 0.3 is 12.1 Å². The summed E-state index contributed by atoms with van der Waals surface area (Å²) < 4.78 is 5.03. The summed E-state index contributed by atoms with van der Waals surface area (Å²) in [6, 6.07) is 8.93. The standard InChI is InChI=1S/C16H23NO4/c1-16(2,3)13(14(18)19)17-15(20)21-11-7-10-12-8-5-4-6-9-12/h4-6,8-9,13H,7,10-11H2,1-3H3,(H,17,20)(H,18,19)/t13-/m1/s1. The molecule has 1 amide bonds. The molecule has 0 aromatic heterocycles. The predicted octanol–water partition coefficient (Wildman–Crippen LogP) is 2.84.